The van der Waals surface area contributed by atoms with E-state index in [1.165, 1.54) is 32.1 Å². The summed E-state index contributed by atoms with van der Waals surface area (Å²) in [6.45, 7) is 7.86. The van der Waals surface area contributed by atoms with Crippen molar-refractivity contribution in [1.82, 2.24) is 0 Å². The third-order valence-corrected chi connectivity index (χ3v) is 4.08. The van der Waals surface area contributed by atoms with Crippen molar-refractivity contribution in [2.45, 2.75) is 58.8 Å². The Labute approximate surface area is 100 Å². The molecule has 0 saturated heterocycles. The minimum atomic E-state index is 0.342. The van der Waals surface area contributed by atoms with Crippen molar-refractivity contribution in [3.05, 3.63) is 12.7 Å². The molecular formula is C15H26O. The molecule has 0 aromatic carbocycles. The summed E-state index contributed by atoms with van der Waals surface area (Å²) in [6, 6.07) is 0. The van der Waals surface area contributed by atoms with Crippen molar-refractivity contribution >= 4 is 5.78 Å². The molecule has 1 aliphatic rings. The first-order chi connectivity index (χ1) is 7.65. The van der Waals surface area contributed by atoms with Gasteiger partial charge in [0.1, 0.15) is 5.78 Å². The van der Waals surface area contributed by atoms with Crippen LogP contribution in [0, 0.1) is 17.8 Å². The summed E-state index contributed by atoms with van der Waals surface area (Å²) in [6.07, 6.45) is 10.4. The quantitative estimate of drug-likeness (QED) is 0.383. The van der Waals surface area contributed by atoms with Gasteiger partial charge in [-0.3, -0.25) is 4.79 Å². The maximum Gasteiger partial charge on any atom is 0.133 e. The van der Waals surface area contributed by atoms with Gasteiger partial charge < -0.3 is 0 Å². The maximum atomic E-state index is 11.7. The highest BCUT2D eigenvalue weighted by atomic mass is 16.1. The molecule has 1 nitrogen and oxygen atoms in total. The topological polar surface area (TPSA) is 17.1 Å². The van der Waals surface area contributed by atoms with E-state index in [0.717, 1.165) is 18.8 Å². The van der Waals surface area contributed by atoms with Crippen LogP contribution in [0.4, 0.5) is 0 Å². The molecular weight excluding hydrogens is 196 g/mol. The zero-order valence-electron chi connectivity index (χ0n) is 10.9. The van der Waals surface area contributed by atoms with E-state index < -0.39 is 0 Å². The van der Waals surface area contributed by atoms with Crippen LogP contribution in [-0.2, 0) is 4.79 Å². The van der Waals surface area contributed by atoms with Crippen molar-refractivity contribution in [2.24, 2.45) is 17.8 Å². The molecule has 92 valence electrons. The first-order valence-corrected chi connectivity index (χ1v) is 6.76. The van der Waals surface area contributed by atoms with E-state index in [9.17, 15) is 4.79 Å². The summed E-state index contributed by atoms with van der Waals surface area (Å²) in [5, 5.41) is 0. The molecule has 0 amide bonds. The van der Waals surface area contributed by atoms with Crippen LogP contribution in [-0.4, -0.2) is 5.78 Å². The largest absolute Gasteiger partial charge is 0.300 e. The molecule has 0 radical (unpaired) electrons. The zero-order chi connectivity index (χ0) is 12.0. The SMILES string of the molecule is C=CCCCC1CCC(C)CCC1C(C)=O. The lowest BCUT2D eigenvalue weighted by atomic mass is 9.82. The summed E-state index contributed by atoms with van der Waals surface area (Å²) in [7, 11) is 0. The Morgan fingerprint density at radius 2 is 2.00 bits per heavy atom. The minimum Gasteiger partial charge on any atom is -0.300 e. The Balaban J connectivity index is 2.52. The molecule has 1 rings (SSSR count). The van der Waals surface area contributed by atoms with Gasteiger partial charge in [0.15, 0.2) is 0 Å². The van der Waals surface area contributed by atoms with Gasteiger partial charge in [0.2, 0.25) is 0 Å². The molecule has 1 fully saturated rings. The van der Waals surface area contributed by atoms with Gasteiger partial charge in [-0.1, -0.05) is 25.8 Å². The second-order valence-electron chi connectivity index (χ2n) is 5.46. The molecule has 1 saturated carbocycles. The van der Waals surface area contributed by atoms with E-state index in [4.69, 9.17) is 0 Å². The Kier molecular flexibility index (Phi) is 5.79. The lowest BCUT2D eigenvalue weighted by Gasteiger charge is -2.22. The smallest absolute Gasteiger partial charge is 0.133 e. The number of carbonyl (C=O) groups excluding carboxylic acids is 1. The fourth-order valence-electron chi connectivity index (χ4n) is 2.95. The molecule has 0 spiro atoms. The van der Waals surface area contributed by atoms with Crippen molar-refractivity contribution in [3.63, 3.8) is 0 Å². The standard InChI is InChI=1S/C15H26O/c1-4-5-6-7-14-10-8-12(2)9-11-15(14)13(3)16/h4,12,14-15H,1,5-11H2,2-3H3. The van der Waals surface area contributed by atoms with Crippen LogP contribution in [0.15, 0.2) is 12.7 Å². The minimum absolute atomic E-state index is 0.342. The van der Waals surface area contributed by atoms with Crippen LogP contribution in [0.25, 0.3) is 0 Å². The van der Waals surface area contributed by atoms with Crippen LogP contribution in [0.2, 0.25) is 0 Å². The lowest BCUT2D eigenvalue weighted by molar-refractivity contribution is -0.122. The number of ketones is 1. The van der Waals surface area contributed by atoms with Crippen molar-refractivity contribution < 1.29 is 4.79 Å². The molecule has 0 N–H and O–H groups in total. The van der Waals surface area contributed by atoms with Crippen LogP contribution < -0.4 is 0 Å². The molecule has 16 heavy (non-hydrogen) atoms. The maximum absolute atomic E-state index is 11.7. The van der Waals surface area contributed by atoms with Gasteiger partial charge in [0, 0.05) is 5.92 Å². The Morgan fingerprint density at radius 1 is 1.31 bits per heavy atom. The zero-order valence-corrected chi connectivity index (χ0v) is 10.9. The van der Waals surface area contributed by atoms with Crippen LogP contribution in [0.3, 0.4) is 0 Å². The number of rotatable bonds is 5. The van der Waals surface area contributed by atoms with Crippen molar-refractivity contribution in [3.8, 4) is 0 Å². The fraction of sp³-hybridized carbons (Fsp3) is 0.800. The third-order valence-electron chi connectivity index (χ3n) is 4.08. The average Bonchev–Trinajstić information content (AvgIpc) is 2.41. The van der Waals surface area contributed by atoms with Gasteiger partial charge >= 0.3 is 0 Å². The van der Waals surface area contributed by atoms with Crippen LogP contribution >= 0.6 is 0 Å². The number of unbranched alkanes of at least 4 members (excludes halogenated alkanes) is 1. The fourth-order valence-corrected chi connectivity index (χ4v) is 2.95. The van der Waals surface area contributed by atoms with Crippen LogP contribution in [0.5, 0.6) is 0 Å². The normalized spacial score (nSPS) is 30.8. The van der Waals surface area contributed by atoms with Gasteiger partial charge in [-0.25, -0.2) is 0 Å². The monoisotopic (exact) mass is 222 g/mol. The van der Waals surface area contributed by atoms with Gasteiger partial charge in [-0.05, 0) is 50.9 Å². The van der Waals surface area contributed by atoms with Crippen LogP contribution in [0.1, 0.15) is 58.8 Å². The predicted octanol–water partition coefficient (Wildman–Crippen LogP) is 4.37. The van der Waals surface area contributed by atoms with Crippen molar-refractivity contribution in [2.75, 3.05) is 0 Å². The van der Waals surface area contributed by atoms with E-state index >= 15 is 0 Å². The number of hydrogen-bond donors (Lipinski definition) is 0. The molecule has 1 heteroatoms. The van der Waals surface area contributed by atoms with E-state index in [-0.39, 0.29) is 0 Å². The van der Waals surface area contributed by atoms with E-state index in [2.05, 4.69) is 13.5 Å². The summed E-state index contributed by atoms with van der Waals surface area (Å²) >= 11 is 0. The number of allylic oxidation sites excluding steroid dienone is 1. The van der Waals surface area contributed by atoms with Gasteiger partial charge in [0.25, 0.3) is 0 Å². The highest BCUT2D eigenvalue weighted by Gasteiger charge is 2.28. The van der Waals surface area contributed by atoms with Gasteiger partial charge in [-0.2, -0.15) is 0 Å². The van der Waals surface area contributed by atoms with Gasteiger partial charge in [-0.15, -0.1) is 6.58 Å². The number of hydrogen-bond acceptors (Lipinski definition) is 1. The summed E-state index contributed by atoms with van der Waals surface area (Å²) in [5.41, 5.74) is 0. The molecule has 0 aromatic rings. The molecule has 0 bridgehead atoms. The average molecular weight is 222 g/mol. The summed E-state index contributed by atoms with van der Waals surface area (Å²) in [5.74, 6) is 2.21. The summed E-state index contributed by atoms with van der Waals surface area (Å²) < 4.78 is 0. The Hall–Kier alpha value is -0.590. The van der Waals surface area contributed by atoms with E-state index in [1.54, 1.807) is 6.92 Å². The number of Topliss-reactive ketones (excluding diaryl/α,β-unsaturated/α-hetero) is 1. The lowest BCUT2D eigenvalue weighted by Crippen LogP contribution is -2.20. The first kappa shape index (κ1) is 13.5. The highest BCUT2D eigenvalue weighted by Crippen LogP contribution is 2.35. The first-order valence-electron chi connectivity index (χ1n) is 6.76. The van der Waals surface area contributed by atoms with Crippen molar-refractivity contribution in [1.29, 1.82) is 0 Å². The van der Waals surface area contributed by atoms with Gasteiger partial charge in [0.05, 0.1) is 0 Å². The molecule has 0 aliphatic heterocycles. The molecule has 3 unspecified atom stereocenters. The molecule has 1 aliphatic carbocycles. The Bertz CT molecular complexity index is 232. The second kappa shape index (κ2) is 6.88. The number of carbonyl (C=O) groups is 1. The highest BCUT2D eigenvalue weighted by molar-refractivity contribution is 5.78. The summed E-state index contributed by atoms with van der Waals surface area (Å²) in [4.78, 5) is 11.7. The molecule has 0 heterocycles. The third kappa shape index (κ3) is 4.11. The molecule has 3 atom stereocenters. The molecule has 0 aromatic heterocycles. The Morgan fingerprint density at radius 3 is 2.62 bits per heavy atom. The second-order valence-corrected chi connectivity index (χ2v) is 5.46. The van der Waals surface area contributed by atoms with E-state index in [0.29, 0.717) is 17.6 Å². The van der Waals surface area contributed by atoms with E-state index in [1.807, 2.05) is 6.08 Å². The predicted molar refractivity (Wildman–Crippen MR) is 69.3 cm³/mol.